The molecule has 114 valence electrons. The lowest BCUT2D eigenvalue weighted by atomic mass is 9.98. The van der Waals surface area contributed by atoms with Gasteiger partial charge >= 0.3 is 0 Å². The molecule has 0 aromatic heterocycles. The lowest BCUT2D eigenvalue weighted by Gasteiger charge is -2.14. The lowest BCUT2D eigenvalue weighted by Crippen LogP contribution is -2.11. The molecule has 0 N–H and O–H groups in total. The largest absolute Gasteiger partial charge is 0.497 e. The minimum absolute atomic E-state index is 0.436. The van der Waals surface area contributed by atoms with Crippen molar-refractivity contribution < 1.29 is 14.2 Å². The molecule has 1 aromatic carbocycles. The fourth-order valence-electron chi connectivity index (χ4n) is 2.02. The average molecular weight is 301 g/mol. The number of halogens is 1. The molecule has 0 amide bonds. The third kappa shape index (κ3) is 7.13. The molecule has 1 rings (SSSR count). The number of hydrogen-bond donors (Lipinski definition) is 0. The van der Waals surface area contributed by atoms with Gasteiger partial charge in [0.25, 0.3) is 0 Å². The van der Waals surface area contributed by atoms with Gasteiger partial charge in [0.15, 0.2) is 0 Å². The van der Waals surface area contributed by atoms with Crippen molar-refractivity contribution in [2.75, 3.05) is 39.9 Å². The predicted molar refractivity (Wildman–Crippen MR) is 82.8 cm³/mol. The summed E-state index contributed by atoms with van der Waals surface area (Å²) in [4.78, 5) is 0. The monoisotopic (exact) mass is 300 g/mol. The Hall–Kier alpha value is -0.770. The average Bonchev–Trinajstić information content (AvgIpc) is 2.49. The Balaban J connectivity index is 2.27. The van der Waals surface area contributed by atoms with Crippen molar-refractivity contribution in [3.8, 4) is 5.75 Å². The fourth-order valence-corrected chi connectivity index (χ4v) is 2.29. The van der Waals surface area contributed by atoms with Crippen LogP contribution in [0.2, 0.25) is 0 Å². The second-order valence-electron chi connectivity index (χ2n) is 4.82. The van der Waals surface area contributed by atoms with Crippen LogP contribution in [0.1, 0.15) is 18.4 Å². The second kappa shape index (κ2) is 11.0. The SMILES string of the molecule is COCCCOCCC(CCl)Cc1cccc(OC)c1. The Labute approximate surface area is 127 Å². The van der Waals surface area contributed by atoms with Gasteiger partial charge in [-0.25, -0.2) is 0 Å². The quantitative estimate of drug-likeness (QED) is 0.462. The van der Waals surface area contributed by atoms with Gasteiger partial charge in [-0.05, 0) is 42.9 Å². The van der Waals surface area contributed by atoms with E-state index in [1.54, 1.807) is 14.2 Å². The molecule has 20 heavy (non-hydrogen) atoms. The normalized spacial score (nSPS) is 12.3. The van der Waals surface area contributed by atoms with E-state index in [9.17, 15) is 0 Å². The van der Waals surface area contributed by atoms with Crippen LogP contribution in [-0.2, 0) is 15.9 Å². The molecule has 0 bridgehead atoms. The molecule has 0 aliphatic carbocycles. The van der Waals surface area contributed by atoms with E-state index in [0.29, 0.717) is 11.8 Å². The van der Waals surface area contributed by atoms with E-state index >= 15 is 0 Å². The second-order valence-corrected chi connectivity index (χ2v) is 5.13. The van der Waals surface area contributed by atoms with Crippen LogP contribution in [0.15, 0.2) is 24.3 Å². The first-order chi connectivity index (χ1) is 9.80. The van der Waals surface area contributed by atoms with Crippen LogP contribution in [0.3, 0.4) is 0 Å². The van der Waals surface area contributed by atoms with Gasteiger partial charge < -0.3 is 14.2 Å². The Morgan fingerprint density at radius 2 is 2.00 bits per heavy atom. The van der Waals surface area contributed by atoms with E-state index in [1.807, 2.05) is 12.1 Å². The molecule has 4 heteroatoms. The molecule has 0 aliphatic rings. The first-order valence-corrected chi connectivity index (χ1v) is 7.59. The summed E-state index contributed by atoms with van der Waals surface area (Å²) in [7, 11) is 3.39. The summed E-state index contributed by atoms with van der Waals surface area (Å²) in [6, 6.07) is 8.15. The highest BCUT2D eigenvalue weighted by molar-refractivity contribution is 6.18. The van der Waals surface area contributed by atoms with Crippen LogP contribution in [-0.4, -0.2) is 39.9 Å². The van der Waals surface area contributed by atoms with Gasteiger partial charge in [0.1, 0.15) is 5.75 Å². The number of ether oxygens (including phenoxy) is 3. The van der Waals surface area contributed by atoms with E-state index in [-0.39, 0.29) is 0 Å². The van der Waals surface area contributed by atoms with Crippen LogP contribution < -0.4 is 4.74 Å². The Kier molecular flexibility index (Phi) is 9.46. The van der Waals surface area contributed by atoms with Crippen LogP contribution in [0.5, 0.6) is 5.75 Å². The molecule has 0 spiro atoms. The summed E-state index contributed by atoms with van der Waals surface area (Å²) in [5, 5.41) is 0. The van der Waals surface area contributed by atoms with Crippen molar-refractivity contribution in [3.05, 3.63) is 29.8 Å². The van der Waals surface area contributed by atoms with Crippen LogP contribution in [0.4, 0.5) is 0 Å². The van der Waals surface area contributed by atoms with Crippen molar-refractivity contribution >= 4 is 11.6 Å². The summed E-state index contributed by atoms with van der Waals surface area (Å²) in [5.41, 5.74) is 1.26. The van der Waals surface area contributed by atoms with Gasteiger partial charge in [0.05, 0.1) is 7.11 Å². The third-order valence-corrected chi connectivity index (χ3v) is 3.62. The zero-order valence-electron chi connectivity index (χ0n) is 12.4. The summed E-state index contributed by atoms with van der Waals surface area (Å²) in [5.74, 6) is 1.98. The highest BCUT2D eigenvalue weighted by atomic mass is 35.5. The molecule has 0 saturated heterocycles. The molecular formula is C16H25ClO3. The number of hydrogen-bond acceptors (Lipinski definition) is 3. The van der Waals surface area contributed by atoms with Gasteiger partial charge in [-0.1, -0.05) is 12.1 Å². The first-order valence-electron chi connectivity index (χ1n) is 7.05. The number of benzene rings is 1. The highest BCUT2D eigenvalue weighted by Gasteiger charge is 2.09. The zero-order chi connectivity index (χ0) is 14.6. The Bertz CT molecular complexity index is 357. The van der Waals surface area contributed by atoms with Crippen molar-refractivity contribution in [2.45, 2.75) is 19.3 Å². The van der Waals surface area contributed by atoms with Gasteiger partial charge in [-0.3, -0.25) is 0 Å². The minimum Gasteiger partial charge on any atom is -0.497 e. The van der Waals surface area contributed by atoms with Crippen molar-refractivity contribution in [1.82, 2.24) is 0 Å². The molecular weight excluding hydrogens is 276 g/mol. The van der Waals surface area contributed by atoms with E-state index in [0.717, 1.165) is 44.8 Å². The van der Waals surface area contributed by atoms with Crippen molar-refractivity contribution in [2.24, 2.45) is 5.92 Å². The summed E-state index contributed by atoms with van der Waals surface area (Å²) < 4.78 is 15.8. The smallest absolute Gasteiger partial charge is 0.119 e. The minimum atomic E-state index is 0.436. The van der Waals surface area contributed by atoms with Crippen LogP contribution in [0, 0.1) is 5.92 Å². The number of methoxy groups -OCH3 is 2. The molecule has 0 fully saturated rings. The molecule has 0 radical (unpaired) electrons. The number of alkyl halides is 1. The van der Waals surface area contributed by atoms with Gasteiger partial charge in [0.2, 0.25) is 0 Å². The van der Waals surface area contributed by atoms with Gasteiger partial charge in [-0.15, -0.1) is 11.6 Å². The summed E-state index contributed by atoms with van der Waals surface area (Å²) in [6.07, 6.45) is 2.88. The van der Waals surface area contributed by atoms with Crippen molar-refractivity contribution in [3.63, 3.8) is 0 Å². The van der Waals surface area contributed by atoms with E-state index < -0.39 is 0 Å². The van der Waals surface area contributed by atoms with Gasteiger partial charge in [-0.2, -0.15) is 0 Å². The topological polar surface area (TPSA) is 27.7 Å². The maximum atomic E-state index is 6.05. The van der Waals surface area contributed by atoms with Crippen LogP contribution in [0.25, 0.3) is 0 Å². The highest BCUT2D eigenvalue weighted by Crippen LogP contribution is 2.18. The molecule has 3 nitrogen and oxygen atoms in total. The standard InChI is InChI=1S/C16H25ClO3/c1-18-8-4-9-20-10-7-15(13-17)11-14-5-3-6-16(12-14)19-2/h3,5-6,12,15H,4,7-11,13H2,1-2H3. The first kappa shape index (κ1) is 17.3. The molecule has 0 saturated carbocycles. The summed E-state index contributed by atoms with van der Waals surface area (Å²) in [6.45, 7) is 2.26. The Morgan fingerprint density at radius 3 is 2.70 bits per heavy atom. The molecule has 1 aromatic rings. The Morgan fingerprint density at radius 1 is 1.15 bits per heavy atom. The third-order valence-electron chi connectivity index (χ3n) is 3.18. The predicted octanol–water partition coefficient (Wildman–Crippen LogP) is 3.54. The maximum absolute atomic E-state index is 6.05. The summed E-state index contributed by atoms with van der Waals surface area (Å²) >= 11 is 6.05. The lowest BCUT2D eigenvalue weighted by molar-refractivity contribution is 0.0951. The molecule has 1 unspecified atom stereocenters. The molecule has 0 aliphatic heterocycles. The van der Waals surface area contributed by atoms with Gasteiger partial charge in [0, 0.05) is 32.8 Å². The van der Waals surface area contributed by atoms with Crippen LogP contribution >= 0.6 is 11.6 Å². The fraction of sp³-hybridized carbons (Fsp3) is 0.625. The number of rotatable bonds is 11. The zero-order valence-corrected chi connectivity index (χ0v) is 13.2. The van der Waals surface area contributed by atoms with E-state index in [4.69, 9.17) is 25.8 Å². The van der Waals surface area contributed by atoms with E-state index in [1.165, 1.54) is 5.56 Å². The maximum Gasteiger partial charge on any atom is 0.119 e. The molecule has 0 heterocycles. The van der Waals surface area contributed by atoms with Crippen molar-refractivity contribution in [1.29, 1.82) is 0 Å². The molecule has 1 atom stereocenters. The van der Waals surface area contributed by atoms with E-state index in [2.05, 4.69) is 12.1 Å².